The first-order valence-corrected chi connectivity index (χ1v) is 10.4. The summed E-state index contributed by atoms with van der Waals surface area (Å²) in [6.07, 6.45) is 0. The van der Waals surface area contributed by atoms with Gasteiger partial charge in [0.05, 0.1) is 12.3 Å². The second kappa shape index (κ2) is 8.41. The highest BCUT2D eigenvalue weighted by Crippen LogP contribution is 2.18. The molecule has 28 heavy (non-hydrogen) atoms. The zero-order valence-electron chi connectivity index (χ0n) is 14.8. The number of benzene rings is 2. The predicted octanol–water partition coefficient (Wildman–Crippen LogP) is 3.08. The van der Waals surface area contributed by atoms with E-state index >= 15 is 0 Å². The van der Waals surface area contributed by atoms with Gasteiger partial charge < -0.3 is 9.84 Å². The average molecular weight is 421 g/mol. The summed E-state index contributed by atoms with van der Waals surface area (Å²) in [5, 5.41) is 7.15. The van der Waals surface area contributed by atoms with Crippen molar-refractivity contribution in [3.63, 3.8) is 0 Å². The molecule has 3 aromatic rings. The molecule has 0 aliphatic carbocycles. The van der Waals surface area contributed by atoms with Crippen LogP contribution in [0.1, 0.15) is 23.2 Å². The second-order valence-corrected chi connectivity index (χ2v) is 8.23. The Morgan fingerprint density at radius 3 is 2.43 bits per heavy atom. The Morgan fingerprint density at radius 2 is 1.79 bits per heavy atom. The molecule has 2 aromatic carbocycles. The highest BCUT2D eigenvalue weighted by Gasteiger charge is 2.12. The number of hydrogen-bond donors (Lipinski definition) is 2. The van der Waals surface area contributed by atoms with E-state index in [4.69, 9.17) is 16.1 Å². The SMILES string of the molecule is CCS(=O)(=O)Nc1ccc(C(=O)NCc2nc(-c3ccc(Cl)cc3)no2)cc1. The minimum absolute atomic E-state index is 0.0303. The van der Waals surface area contributed by atoms with E-state index in [0.29, 0.717) is 22.1 Å². The zero-order chi connectivity index (χ0) is 20.1. The van der Waals surface area contributed by atoms with Gasteiger partial charge in [0.1, 0.15) is 0 Å². The smallest absolute Gasteiger partial charge is 0.251 e. The topological polar surface area (TPSA) is 114 Å². The van der Waals surface area contributed by atoms with Crippen molar-refractivity contribution in [2.45, 2.75) is 13.5 Å². The molecule has 1 aromatic heterocycles. The minimum atomic E-state index is -3.36. The summed E-state index contributed by atoms with van der Waals surface area (Å²) in [7, 11) is -3.36. The third-order valence-electron chi connectivity index (χ3n) is 3.77. The van der Waals surface area contributed by atoms with Crippen molar-refractivity contribution in [3.8, 4) is 11.4 Å². The van der Waals surface area contributed by atoms with E-state index in [9.17, 15) is 13.2 Å². The first-order chi connectivity index (χ1) is 13.4. The standard InChI is InChI=1S/C18H17ClN4O4S/c1-2-28(25,26)23-15-9-5-13(6-10-15)18(24)20-11-16-21-17(22-27-16)12-3-7-14(19)8-4-12/h3-10,23H,2,11H2,1H3,(H,20,24). The van der Waals surface area contributed by atoms with Crippen molar-refractivity contribution < 1.29 is 17.7 Å². The summed E-state index contributed by atoms with van der Waals surface area (Å²) in [6.45, 7) is 1.60. The first kappa shape index (κ1) is 19.8. The molecule has 0 saturated carbocycles. The van der Waals surface area contributed by atoms with Crippen molar-refractivity contribution in [2.75, 3.05) is 10.5 Å². The fourth-order valence-corrected chi connectivity index (χ4v) is 3.01. The Kier molecular flexibility index (Phi) is 5.96. The van der Waals surface area contributed by atoms with Gasteiger partial charge in [-0.15, -0.1) is 0 Å². The number of rotatable bonds is 7. The zero-order valence-corrected chi connectivity index (χ0v) is 16.4. The average Bonchev–Trinajstić information content (AvgIpc) is 3.16. The third-order valence-corrected chi connectivity index (χ3v) is 5.33. The summed E-state index contributed by atoms with van der Waals surface area (Å²) in [5.74, 6) is 0.271. The number of carbonyl (C=O) groups is 1. The second-order valence-electron chi connectivity index (χ2n) is 5.78. The highest BCUT2D eigenvalue weighted by molar-refractivity contribution is 7.92. The van der Waals surface area contributed by atoms with Crippen LogP contribution in [0.5, 0.6) is 0 Å². The third kappa shape index (κ3) is 5.08. The van der Waals surface area contributed by atoms with Crippen molar-refractivity contribution >= 4 is 33.2 Å². The van der Waals surface area contributed by atoms with Crippen LogP contribution < -0.4 is 10.0 Å². The van der Waals surface area contributed by atoms with Crippen LogP contribution in [0.15, 0.2) is 53.1 Å². The number of hydrogen-bond acceptors (Lipinski definition) is 6. The molecule has 0 radical (unpaired) electrons. The van der Waals surface area contributed by atoms with E-state index in [0.717, 1.165) is 5.56 Å². The molecule has 0 saturated heterocycles. The van der Waals surface area contributed by atoms with E-state index < -0.39 is 10.0 Å². The number of nitrogens with one attached hydrogen (secondary N) is 2. The van der Waals surface area contributed by atoms with Crippen LogP contribution in [0, 0.1) is 0 Å². The van der Waals surface area contributed by atoms with Crippen LogP contribution in [-0.2, 0) is 16.6 Å². The molecule has 0 aliphatic rings. The van der Waals surface area contributed by atoms with Gasteiger partial charge in [0.15, 0.2) is 0 Å². The molecule has 8 nitrogen and oxygen atoms in total. The van der Waals surface area contributed by atoms with E-state index in [-0.39, 0.29) is 24.1 Å². The molecule has 0 spiro atoms. The minimum Gasteiger partial charge on any atom is -0.343 e. The van der Waals surface area contributed by atoms with Crippen molar-refractivity contribution in [3.05, 3.63) is 65.0 Å². The largest absolute Gasteiger partial charge is 0.343 e. The van der Waals surface area contributed by atoms with Crippen LogP contribution in [-0.4, -0.2) is 30.2 Å². The van der Waals surface area contributed by atoms with Gasteiger partial charge in [0.25, 0.3) is 5.91 Å². The van der Waals surface area contributed by atoms with Crippen molar-refractivity contribution in [2.24, 2.45) is 0 Å². The van der Waals surface area contributed by atoms with Gasteiger partial charge in [-0.05, 0) is 55.5 Å². The van der Waals surface area contributed by atoms with Crippen molar-refractivity contribution in [1.82, 2.24) is 15.5 Å². The number of nitrogens with zero attached hydrogens (tertiary/aromatic N) is 2. The molecular weight excluding hydrogens is 404 g/mol. The lowest BCUT2D eigenvalue weighted by Gasteiger charge is -2.07. The normalized spacial score (nSPS) is 11.2. The van der Waals surface area contributed by atoms with E-state index in [1.165, 1.54) is 24.3 Å². The van der Waals surface area contributed by atoms with E-state index in [1.54, 1.807) is 31.2 Å². The summed E-state index contributed by atoms with van der Waals surface area (Å²) < 4.78 is 30.6. The number of sulfonamides is 1. The van der Waals surface area contributed by atoms with E-state index in [1.807, 2.05) is 0 Å². The summed E-state index contributed by atoms with van der Waals surface area (Å²) in [6, 6.07) is 13.1. The lowest BCUT2D eigenvalue weighted by atomic mass is 10.2. The van der Waals surface area contributed by atoms with Crippen LogP contribution >= 0.6 is 11.6 Å². The van der Waals surface area contributed by atoms with Gasteiger partial charge in [-0.1, -0.05) is 16.8 Å². The van der Waals surface area contributed by atoms with Gasteiger partial charge in [0, 0.05) is 21.8 Å². The first-order valence-electron chi connectivity index (χ1n) is 8.33. The number of aromatic nitrogens is 2. The molecule has 3 rings (SSSR count). The molecule has 0 fully saturated rings. The van der Waals surface area contributed by atoms with Crippen LogP contribution in [0.25, 0.3) is 11.4 Å². The summed E-state index contributed by atoms with van der Waals surface area (Å²) in [5.41, 5.74) is 1.51. The Balaban J connectivity index is 1.59. The highest BCUT2D eigenvalue weighted by atomic mass is 35.5. The Labute approximate surface area is 167 Å². The summed E-state index contributed by atoms with van der Waals surface area (Å²) in [4.78, 5) is 16.5. The number of amides is 1. The summed E-state index contributed by atoms with van der Waals surface area (Å²) >= 11 is 5.85. The lowest BCUT2D eigenvalue weighted by molar-refractivity contribution is 0.0946. The van der Waals surface area contributed by atoms with Gasteiger partial charge in [-0.25, -0.2) is 8.42 Å². The predicted molar refractivity (Wildman–Crippen MR) is 105 cm³/mol. The number of anilines is 1. The van der Waals surface area contributed by atoms with Gasteiger partial charge >= 0.3 is 0 Å². The monoisotopic (exact) mass is 420 g/mol. The number of carbonyl (C=O) groups excluding carboxylic acids is 1. The van der Waals surface area contributed by atoms with Crippen LogP contribution in [0.4, 0.5) is 5.69 Å². The number of halogens is 1. The molecule has 0 atom stereocenters. The quantitative estimate of drug-likeness (QED) is 0.607. The maximum atomic E-state index is 12.2. The fraction of sp³-hybridized carbons (Fsp3) is 0.167. The molecule has 0 unspecified atom stereocenters. The van der Waals surface area contributed by atoms with Gasteiger partial charge in [-0.3, -0.25) is 9.52 Å². The molecule has 0 aliphatic heterocycles. The maximum Gasteiger partial charge on any atom is 0.251 e. The Hall–Kier alpha value is -2.91. The molecule has 1 heterocycles. The van der Waals surface area contributed by atoms with Crippen molar-refractivity contribution in [1.29, 1.82) is 0 Å². The molecule has 146 valence electrons. The van der Waals surface area contributed by atoms with Gasteiger partial charge in [0.2, 0.25) is 21.7 Å². The van der Waals surface area contributed by atoms with Crippen LogP contribution in [0.2, 0.25) is 5.02 Å². The molecule has 10 heteroatoms. The molecular formula is C18H17ClN4O4S. The molecule has 0 bridgehead atoms. The van der Waals surface area contributed by atoms with Crippen LogP contribution in [0.3, 0.4) is 0 Å². The van der Waals surface area contributed by atoms with Gasteiger partial charge in [-0.2, -0.15) is 4.98 Å². The Morgan fingerprint density at radius 1 is 1.11 bits per heavy atom. The Bertz CT molecular complexity index is 1060. The fourth-order valence-electron chi connectivity index (χ4n) is 2.24. The molecule has 1 amide bonds. The maximum absolute atomic E-state index is 12.2. The molecule has 2 N–H and O–H groups in total. The lowest BCUT2D eigenvalue weighted by Crippen LogP contribution is -2.23. The van der Waals surface area contributed by atoms with E-state index in [2.05, 4.69) is 20.2 Å².